The van der Waals surface area contributed by atoms with Gasteiger partial charge in [-0.15, -0.1) is 0 Å². The Morgan fingerprint density at radius 3 is 2.79 bits per heavy atom. The molecule has 4 rings (SSSR count). The molecule has 0 unspecified atom stereocenters. The molecule has 0 N–H and O–H groups in total. The Kier molecular flexibility index (Phi) is 5.48. The lowest BCUT2D eigenvalue weighted by molar-refractivity contribution is 0.301. The maximum Gasteiger partial charge on any atom is 0.130 e. The number of aliphatic imine (C=N–C) groups is 1. The molecule has 0 atom stereocenters. The molecule has 4 nitrogen and oxygen atoms in total. The minimum absolute atomic E-state index is 0.459. The normalized spacial score (nSPS) is 13.8. The summed E-state index contributed by atoms with van der Waals surface area (Å²) in [5, 5.41) is 0. The van der Waals surface area contributed by atoms with Crippen LogP contribution in [0.2, 0.25) is 0 Å². The second-order valence-corrected chi connectivity index (χ2v) is 6.72. The van der Waals surface area contributed by atoms with Crippen molar-refractivity contribution in [1.29, 1.82) is 0 Å². The molecule has 0 fully saturated rings. The number of pyridine rings is 1. The van der Waals surface area contributed by atoms with Crippen LogP contribution in [0.25, 0.3) is 6.08 Å². The highest BCUT2D eigenvalue weighted by Gasteiger charge is 2.13. The van der Waals surface area contributed by atoms with Crippen molar-refractivity contribution in [1.82, 2.24) is 4.98 Å². The predicted molar refractivity (Wildman–Crippen MR) is 115 cm³/mol. The summed E-state index contributed by atoms with van der Waals surface area (Å²) in [4.78, 5) is 11.3. The lowest BCUT2D eigenvalue weighted by Crippen LogP contribution is -2.20. The van der Waals surface area contributed by atoms with Gasteiger partial charge in [-0.3, -0.25) is 9.98 Å². The van der Waals surface area contributed by atoms with Crippen molar-refractivity contribution in [3.05, 3.63) is 95.8 Å². The van der Waals surface area contributed by atoms with E-state index >= 15 is 0 Å². The summed E-state index contributed by atoms with van der Waals surface area (Å²) in [6.07, 6.45) is 5.96. The fourth-order valence-corrected chi connectivity index (χ4v) is 3.22. The van der Waals surface area contributed by atoms with Gasteiger partial charge in [-0.05, 0) is 42.0 Å². The third-order valence-electron chi connectivity index (χ3n) is 4.71. The summed E-state index contributed by atoms with van der Waals surface area (Å²) in [7, 11) is 2.11. The van der Waals surface area contributed by atoms with Gasteiger partial charge in [0.25, 0.3) is 0 Å². The monoisotopic (exact) mass is 369 g/mol. The topological polar surface area (TPSA) is 37.7 Å². The van der Waals surface area contributed by atoms with Crippen LogP contribution < -0.4 is 9.64 Å². The molecule has 0 aliphatic carbocycles. The van der Waals surface area contributed by atoms with Crippen LogP contribution >= 0.6 is 0 Å². The number of benzodiazepines with no additional fused rings is 1. The zero-order chi connectivity index (χ0) is 19.2. The Morgan fingerprint density at radius 1 is 1.00 bits per heavy atom. The molecule has 4 heteroatoms. The van der Waals surface area contributed by atoms with Crippen molar-refractivity contribution in [3.63, 3.8) is 0 Å². The first-order valence-corrected chi connectivity index (χ1v) is 9.45. The molecule has 0 radical (unpaired) electrons. The van der Waals surface area contributed by atoms with Crippen LogP contribution in [-0.2, 0) is 6.61 Å². The van der Waals surface area contributed by atoms with E-state index in [1.165, 1.54) is 11.3 Å². The fourth-order valence-electron chi connectivity index (χ4n) is 3.22. The number of hydrogen-bond donors (Lipinski definition) is 0. The number of benzene rings is 2. The maximum absolute atomic E-state index is 5.88. The van der Waals surface area contributed by atoms with E-state index in [2.05, 4.69) is 59.4 Å². The smallest absolute Gasteiger partial charge is 0.130 e. The fraction of sp³-hybridized carbons (Fsp3) is 0.167. The Balaban J connectivity index is 1.50. The van der Waals surface area contributed by atoms with Crippen molar-refractivity contribution in [2.75, 3.05) is 25.0 Å². The Hall–Kier alpha value is -3.40. The summed E-state index contributed by atoms with van der Waals surface area (Å²) in [6.45, 7) is 2.17. The van der Waals surface area contributed by atoms with Crippen LogP contribution in [0.1, 0.15) is 16.8 Å². The molecule has 2 aromatic carbocycles. The first-order valence-electron chi connectivity index (χ1n) is 9.45. The number of para-hydroxylation sites is 1. The highest BCUT2D eigenvalue weighted by atomic mass is 16.5. The summed E-state index contributed by atoms with van der Waals surface area (Å²) < 4.78 is 5.88. The molecule has 0 amide bonds. The SMILES string of the molecule is CN1CCN=C(/C=C/c2cccc(OCc3ccccn3)c2)c2ccccc21. The van der Waals surface area contributed by atoms with Crippen molar-refractivity contribution in [2.24, 2.45) is 4.99 Å². The molecule has 1 aliphatic heterocycles. The van der Waals surface area contributed by atoms with E-state index in [-0.39, 0.29) is 0 Å². The second kappa shape index (κ2) is 8.53. The Morgan fingerprint density at radius 2 is 1.89 bits per heavy atom. The molecule has 1 aromatic heterocycles. The van der Waals surface area contributed by atoms with Crippen LogP contribution in [0.5, 0.6) is 5.75 Å². The van der Waals surface area contributed by atoms with Gasteiger partial charge in [0.05, 0.1) is 18.0 Å². The van der Waals surface area contributed by atoms with Gasteiger partial charge in [0.2, 0.25) is 0 Å². The van der Waals surface area contributed by atoms with Gasteiger partial charge in [0.1, 0.15) is 12.4 Å². The van der Waals surface area contributed by atoms with Crippen LogP contribution in [0, 0.1) is 0 Å². The number of allylic oxidation sites excluding steroid dienone is 1. The number of ether oxygens (including phenoxy) is 1. The quantitative estimate of drug-likeness (QED) is 0.659. The molecular formula is C24H23N3O. The van der Waals surface area contributed by atoms with Gasteiger partial charge in [-0.1, -0.05) is 42.5 Å². The maximum atomic E-state index is 5.88. The third kappa shape index (κ3) is 4.29. The molecule has 140 valence electrons. The average Bonchev–Trinajstić information content (AvgIpc) is 2.91. The number of hydrogen-bond acceptors (Lipinski definition) is 4. The van der Waals surface area contributed by atoms with Gasteiger partial charge in [0.15, 0.2) is 0 Å². The van der Waals surface area contributed by atoms with E-state index in [1.54, 1.807) is 6.20 Å². The van der Waals surface area contributed by atoms with Crippen LogP contribution in [0.4, 0.5) is 5.69 Å². The van der Waals surface area contributed by atoms with Crippen molar-refractivity contribution in [3.8, 4) is 5.75 Å². The summed E-state index contributed by atoms with van der Waals surface area (Å²) in [6, 6.07) is 22.3. The number of nitrogens with zero attached hydrogens (tertiary/aromatic N) is 3. The summed E-state index contributed by atoms with van der Waals surface area (Å²) in [5.74, 6) is 0.829. The number of fused-ring (bicyclic) bond motifs is 1. The van der Waals surface area contributed by atoms with Gasteiger partial charge in [0, 0.05) is 31.0 Å². The predicted octanol–water partition coefficient (Wildman–Crippen LogP) is 4.61. The zero-order valence-corrected chi connectivity index (χ0v) is 16.0. The molecule has 3 aromatic rings. The molecule has 0 saturated carbocycles. The van der Waals surface area contributed by atoms with Crippen molar-refractivity contribution < 1.29 is 4.74 Å². The second-order valence-electron chi connectivity index (χ2n) is 6.72. The van der Waals surface area contributed by atoms with Crippen molar-refractivity contribution >= 4 is 17.5 Å². The zero-order valence-electron chi connectivity index (χ0n) is 16.0. The molecule has 28 heavy (non-hydrogen) atoms. The van der Waals surface area contributed by atoms with Gasteiger partial charge in [-0.2, -0.15) is 0 Å². The minimum atomic E-state index is 0.459. The molecule has 0 spiro atoms. The van der Waals surface area contributed by atoms with Gasteiger partial charge < -0.3 is 9.64 Å². The molecule has 1 aliphatic rings. The van der Waals surface area contributed by atoms with Gasteiger partial charge in [-0.25, -0.2) is 0 Å². The number of rotatable bonds is 5. The van der Waals surface area contributed by atoms with E-state index in [0.29, 0.717) is 6.61 Å². The van der Waals surface area contributed by atoms with Crippen LogP contribution in [0.15, 0.2) is 84.0 Å². The lowest BCUT2D eigenvalue weighted by Gasteiger charge is -2.18. The molecule has 0 saturated heterocycles. The first-order chi connectivity index (χ1) is 13.8. The van der Waals surface area contributed by atoms with E-state index in [0.717, 1.165) is 35.8 Å². The number of anilines is 1. The molecule has 0 bridgehead atoms. The molecular weight excluding hydrogens is 346 g/mol. The third-order valence-corrected chi connectivity index (χ3v) is 4.71. The van der Waals surface area contributed by atoms with E-state index in [1.807, 2.05) is 36.4 Å². The Labute approximate surface area is 165 Å². The highest BCUT2D eigenvalue weighted by Crippen LogP contribution is 2.23. The van der Waals surface area contributed by atoms with E-state index < -0.39 is 0 Å². The summed E-state index contributed by atoms with van der Waals surface area (Å²) in [5.41, 5.74) is 5.39. The minimum Gasteiger partial charge on any atom is -0.487 e. The van der Waals surface area contributed by atoms with Gasteiger partial charge >= 0.3 is 0 Å². The number of aromatic nitrogens is 1. The van der Waals surface area contributed by atoms with Crippen LogP contribution in [0.3, 0.4) is 0 Å². The van der Waals surface area contributed by atoms with E-state index in [4.69, 9.17) is 9.73 Å². The summed E-state index contributed by atoms with van der Waals surface area (Å²) >= 11 is 0. The average molecular weight is 369 g/mol. The van der Waals surface area contributed by atoms with Crippen molar-refractivity contribution in [2.45, 2.75) is 6.61 Å². The number of likely N-dealkylation sites (N-methyl/N-ethyl adjacent to an activating group) is 1. The largest absolute Gasteiger partial charge is 0.487 e. The lowest BCUT2D eigenvalue weighted by atomic mass is 10.1. The highest BCUT2D eigenvalue weighted by molar-refractivity contribution is 6.14. The first kappa shape index (κ1) is 18.0. The molecule has 2 heterocycles. The standard InChI is InChI=1S/C24H23N3O/c1-27-16-15-26-23(22-10-2-3-11-24(22)27)13-12-19-7-6-9-21(17-19)28-18-20-8-4-5-14-25-20/h2-14,17H,15-16,18H2,1H3/b13-12+. The Bertz CT molecular complexity index is 995. The van der Waals surface area contributed by atoms with E-state index in [9.17, 15) is 0 Å². The van der Waals surface area contributed by atoms with Crippen LogP contribution in [-0.4, -0.2) is 30.8 Å².